The standard InChI is InChI=1S/C25H37N5O6/c1-25(2,3)20(23(34)30-14-16(31)12-18(30)24(35)36-4)29-22(33)19(15-8-6-5-7-9-15)28-21(32)17-13-26-10-11-27-17/h10-11,13,15-16,18-20,31H,5-9,12,14H2,1-4H3,(H,28,32)(H,29,33)/t16-,18?,19+,20?/m1/s1. The van der Waals surface area contributed by atoms with E-state index in [2.05, 4.69) is 20.6 Å². The first-order valence-corrected chi connectivity index (χ1v) is 12.5. The fourth-order valence-electron chi connectivity index (χ4n) is 4.96. The van der Waals surface area contributed by atoms with E-state index in [0.717, 1.165) is 32.1 Å². The van der Waals surface area contributed by atoms with Crippen molar-refractivity contribution in [2.75, 3.05) is 13.7 Å². The third-order valence-corrected chi connectivity index (χ3v) is 6.92. The number of carbonyl (C=O) groups is 4. The van der Waals surface area contributed by atoms with Gasteiger partial charge in [0.25, 0.3) is 5.91 Å². The van der Waals surface area contributed by atoms with Crippen LogP contribution in [0.3, 0.4) is 0 Å². The maximum absolute atomic E-state index is 13.6. The lowest BCUT2D eigenvalue weighted by atomic mass is 9.82. The zero-order valence-electron chi connectivity index (χ0n) is 21.4. The number of rotatable bonds is 7. The zero-order chi connectivity index (χ0) is 26.5. The number of hydrogen-bond acceptors (Lipinski definition) is 8. The molecule has 3 N–H and O–H groups in total. The molecular formula is C25H37N5O6. The maximum Gasteiger partial charge on any atom is 0.328 e. The molecule has 2 heterocycles. The van der Waals surface area contributed by atoms with Crippen molar-refractivity contribution in [2.45, 2.75) is 83.5 Å². The summed E-state index contributed by atoms with van der Waals surface area (Å²) in [6.45, 7) is 5.40. The SMILES string of the molecule is COC(=O)C1C[C@@H](O)CN1C(=O)C(NC(=O)[C@@H](NC(=O)c1cnccn1)C1CCCCC1)C(C)(C)C. The number of amides is 3. The number of hydrogen-bond donors (Lipinski definition) is 3. The van der Waals surface area contributed by atoms with E-state index in [0.29, 0.717) is 0 Å². The van der Waals surface area contributed by atoms with Crippen molar-refractivity contribution in [1.82, 2.24) is 25.5 Å². The molecule has 0 radical (unpaired) electrons. The van der Waals surface area contributed by atoms with Gasteiger partial charge >= 0.3 is 5.97 Å². The molecule has 11 nitrogen and oxygen atoms in total. The third kappa shape index (κ3) is 6.57. The Morgan fingerprint density at radius 2 is 1.81 bits per heavy atom. The van der Waals surface area contributed by atoms with Crippen molar-refractivity contribution < 1.29 is 29.0 Å². The van der Waals surface area contributed by atoms with Crippen molar-refractivity contribution in [3.8, 4) is 0 Å². The number of aromatic nitrogens is 2. The van der Waals surface area contributed by atoms with Gasteiger partial charge in [-0.15, -0.1) is 0 Å². The average molecular weight is 504 g/mol. The molecule has 198 valence electrons. The Morgan fingerprint density at radius 3 is 2.39 bits per heavy atom. The number of aliphatic hydroxyl groups is 1. The summed E-state index contributed by atoms with van der Waals surface area (Å²) in [6.07, 6.45) is 7.91. The highest BCUT2D eigenvalue weighted by molar-refractivity contribution is 5.97. The van der Waals surface area contributed by atoms with Crippen molar-refractivity contribution in [2.24, 2.45) is 11.3 Å². The number of nitrogens with one attached hydrogen (secondary N) is 2. The Labute approximate surface area is 211 Å². The lowest BCUT2D eigenvalue weighted by Crippen LogP contribution is -2.61. The number of β-amino-alcohol motifs (C(OH)–C–C–N with tert-alkyl or cyclic N) is 1. The molecule has 1 aliphatic carbocycles. The molecule has 4 atom stereocenters. The fraction of sp³-hybridized carbons (Fsp3) is 0.680. The number of ether oxygens (including phenoxy) is 1. The summed E-state index contributed by atoms with van der Waals surface area (Å²) in [5.41, 5.74) is -0.617. The van der Waals surface area contributed by atoms with Crippen LogP contribution in [0.15, 0.2) is 18.6 Å². The molecule has 2 unspecified atom stereocenters. The highest BCUT2D eigenvalue weighted by atomic mass is 16.5. The van der Waals surface area contributed by atoms with Gasteiger partial charge in [0.1, 0.15) is 23.8 Å². The van der Waals surface area contributed by atoms with Crippen molar-refractivity contribution in [3.05, 3.63) is 24.3 Å². The van der Waals surface area contributed by atoms with E-state index < -0.39 is 53.3 Å². The van der Waals surface area contributed by atoms with Crippen LogP contribution >= 0.6 is 0 Å². The quantitative estimate of drug-likeness (QED) is 0.463. The van der Waals surface area contributed by atoms with Gasteiger partial charge in [-0.3, -0.25) is 19.4 Å². The first-order chi connectivity index (χ1) is 17.0. The molecule has 36 heavy (non-hydrogen) atoms. The van der Waals surface area contributed by atoms with E-state index in [1.165, 1.54) is 30.6 Å². The molecule has 0 spiro atoms. The average Bonchev–Trinajstić information content (AvgIpc) is 3.26. The Hall–Kier alpha value is -3.08. The van der Waals surface area contributed by atoms with Crippen molar-refractivity contribution >= 4 is 23.7 Å². The van der Waals surface area contributed by atoms with Gasteiger partial charge in [-0.05, 0) is 24.2 Å². The van der Waals surface area contributed by atoms with Crippen LogP contribution in [0.4, 0.5) is 0 Å². The Balaban J connectivity index is 1.84. The summed E-state index contributed by atoms with van der Waals surface area (Å²) in [6, 6.07) is -2.79. The van der Waals surface area contributed by atoms with E-state index in [1.54, 1.807) is 0 Å². The number of methoxy groups -OCH3 is 1. The van der Waals surface area contributed by atoms with Gasteiger partial charge in [0, 0.05) is 25.4 Å². The first-order valence-electron chi connectivity index (χ1n) is 12.5. The molecule has 11 heteroatoms. The van der Waals surface area contributed by atoms with Gasteiger partial charge < -0.3 is 25.4 Å². The molecule has 2 aliphatic rings. The Kier molecular flexibility index (Phi) is 8.99. The van der Waals surface area contributed by atoms with Gasteiger partial charge in [-0.2, -0.15) is 0 Å². The molecule has 1 saturated carbocycles. The molecule has 2 fully saturated rings. The van der Waals surface area contributed by atoms with Gasteiger partial charge in [-0.1, -0.05) is 40.0 Å². The summed E-state index contributed by atoms with van der Waals surface area (Å²) in [5, 5.41) is 15.8. The molecule has 1 saturated heterocycles. The summed E-state index contributed by atoms with van der Waals surface area (Å²) < 4.78 is 4.82. The monoisotopic (exact) mass is 503 g/mol. The van der Waals surface area contributed by atoms with Crippen molar-refractivity contribution in [1.29, 1.82) is 0 Å². The normalized spacial score (nSPS) is 22.4. The minimum Gasteiger partial charge on any atom is -0.467 e. The minimum absolute atomic E-state index is 0.0312. The zero-order valence-corrected chi connectivity index (χ0v) is 21.4. The molecule has 3 amide bonds. The number of carbonyl (C=O) groups excluding carboxylic acids is 4. The maximum atomic E-state index is 13.6. The van der Waals surface area contributed by atoms with Crippen LogP contribution in [0.2, 0.25) is 0 Å². The highest BCUT2D eigenvalue weighted by Gasteiger charge is 2.46. The molecular weight excluding hydrogens is 466 g/mol. The number of nitrogens with zero attached hydrogens (tertiary/aromatic N) is 3. The lowest BCUT2D eigenvalue weighted by molar-refractivity contribution is -0.153. The summed E-state index contributed by atoms with van der Waals surface area (Å²) in [7, 11) is 1.23. The first kappa shape index (κ1) is 27.5. The lowest BCUT2D eigenvalue weighted by Gasteiger charge is -2.37. The Bertz CT molecular complexity index is 944. The van der Waals surface area contributed by atoms with Crippen LogP contribution in [0, 0.1) is 11.3 Å². The topological polar surface area (TPSA) is 151 Å². The summed E-state index contributed by atoms with van der Waals surface area (Å²) in [4.78, 5) is 61.6. The predicted octanol–water partition coefficient (Wildman–Crippen LogP) is 0.821. The molecule has 1 aromatic rings. The van der Waals surface area contributed by atoms with E-state index in [9.17, 15) is 24.3 Å². The molecule has 3 rings (SSSR count). The second kappa shape index (κ2) is 11.8. The van der Waals surface area contributed by atoms with Crippen LogP contribution in [-0.2, 0) is 19.1 Å². The summed E-state index contributed by atoms with van der Waals surface area (Å²) >= 11 is 0. The van der Waals surface area contributed by atoms with Gasteiger partial charge in [0.2, 0.25) is 11.8 Å². The second-order valence-electron chi connectivity index (χ2n) is 10.7. The van der Waals surface area contributed by atoms with Crippen LogP contribution in [0.5, 0.6) is 0 Å². The van der Waals surface area contributed by atoms with E-state index >= 15 is 0 Å². The van der Waals surface area contributed by atoms with Crippen LogP contribution in [-0.4, -0.2) is 81.5 Å². The van der Waals surface area contributed by atoms with Crippen LogP contribution in [0.25, 0.3) is 0 Å². The number of esters is 1. The molecule has 0 aromatic carbocycles. The molecule has 1 aliphatic heterocycles. The number of aliphatic hydroxyl groups excluding tert-OH is 1. The van der Waals surface area contributed by atoms with Crippen LogP contribution in [0.1, 0.15) is 69.8 Å². The second-order valence-corrected chi connectivity index (χ2v) is 10.7. The summed E-state index contributed by atoms with van der Waals surface area (Å²) in [5.74, 6) is -2.17. The van der Waals surface area contributed by atoms with Gasteiger partial charge in [-0.25, -0.2) is 9.78 Å². The number of likely N-dealkylation sites (tertiary alicyclic amines) is 1. The van der Waals surface area contributed by atoms with E-state index in [1.807, 2.05) is 20.8 Å². The van der Waals surface area contributed by atoms with Gasteiger partial charge in [0.15, 0.2) is 0 Å². The molecule has 0 bridgehead atoms. The fourth-order valence-corrected chi connectivity index (χ4v) is 4.96. The minimum atomic E-state index is -0.998. The van der Waals surface area contributed by atoms with Gasteiger partial charge in [0.05, 0.1) is 19.4 Å². The van der Waals surface area contributed by atoms with E-state index in [-0.39, 0.29) is 24.6 Å². The van der Waals surface area contributed by atoms with Crippen LogP contribution < -0.4 is 10.6 Å². The smallest absolute Gasteiger partial charge is 0.328 e. The van der Waals surface area contributed by atoms with Crippen molar-refractivity contribution in [3.63, 3.8) is 0 Å². The largest absolute Gasteiger partial charge is 0.467 e. The highest BCUT2D eigenvalue weighted by Crippen LogP contribution is 2.29. The molecule has 1 aromatic heterocycles. The third-order valence-electron chi connectivity index (χ3n) is 6.92. The van der Waals surface area contributed by atoms with E-state index in [4.69, 9.17) is 4.74 Å². The Morgan fingerprint density at radius 1 is 1.11 bits per heavy atom. The predicted molar refractivity (Wildman–Crippen MR) is 129 cm³/mol.